The lowest BCUT2D eigenvalue weighted by Crippen LogP contribution is -2.36. The van der Waals surface area contributed by atoms with Gasteiger partial charge >= 0.3 is 5.97 Å². The van der Waals surface area contributed by atoms with Crippen LogP contribution in [0.25, 0.3) is 0 Å². The molecule has 1 aliphatic heterocycles. The fourth-order valence-electron chi connectivity index (χ4n) is 3.04. The van der Waals surface area contributed by atoms with E-state index in [9.17, 15) is 18.7 Å². The number of carbonyl (C=O) groups is 1. The summed E-state index contributed by atoms with van der Waals surface area (Å²) in [7, 11) is 2.61. The predicted molar refractivity (Wildman–Crippen MR) is 73.0 cm³/mol. The van der Waals surface area contributed by atoms with Crippen molar-refractivity contribution in [2.45, 2.75) is 37.6 Å². The molecule has 1 aliphatic rings. The normalized spacial score (nSPS) is 26.9. The van der Waals surface area contributed by atoms with E-state index in [1.165, 1.54) is 20.3 Å². The number of ether oxygens (including phenoxy) is 3. The van der Waals surface area contributed by atoms with Crippen LogP contribution >= 0.6 is 0 Å². The lowest BCUT2D eigenvalue weighted by atomic mass is 9.84. The Morgan fingerprint density at radius 2 is 1.95 bits per heavy atom. The van der Waals surface area contributed by atoms with E-state index in [1.54, 1.807) is 13.8 Å². The number of carboxylic acids is 1. The number of hydrogen-bond donors (Lipinski definition) is 1. The third-order valence-corrected chi connectivity index (χ3v) is 3.91. The van der Waals surface area contributed by atoms with Gasteiger partial charge in [0.25, 0.3) is 0 Å². The second-order valence-electron chi connectivity index (χ2n) is 5.65. The van der Waals surface area contributed by atoms with Gasteiger partial charge in [-0.25, -0.2) is 9.18 Å². The number of halogens is 2. The van der Waals surface area contributed by atoms with Crippen LogP contribution < -0.4 is 4.74 Å². The largest absolute Gasteiger partial charge is 0.493 e. The molecule has 2 rings (SSSR count). The number of carboxylic acid groups (broad SMARTS) is 1. The maximum Gasteiger partial charge on any atom is 0.333 e. The summed E-state index contributed by atoms with van der Waals surface area (Å²) in [5.74, 6) is -4.60. The van der Waals surface area contributed by atoms with E-state index >= 15 is 0 Å². The Balaban J connectivity index is 2.61. The lowest BCUT2D eigenvalue weighted by Gasteiger charge is -2.27. The molecule has 0 radical (unpaired) electrons. The van der Waals surface area contributed by atoms with Crippen LogP contribution in [0, 0.1) is 11.6 Å². The standard InChI is InChI=1S/C15H18F2O5/c1-15(2)13(21-4)9(12(22-15)14(18)19)7-5-6-8(16)10(17)11(7)20-3/h5-6,9,12-13H,1-4H3,(H,18,19)/t9?,12-,13?/m0/s1. The van der Waals surface area contributed by atoms with E-state index in [1.807, 2.05) is 0 Å². The monoisotopic (exact) mass is 316 g/mol. The maximum absolute atomic E-state index is 13.9. The van der Waals surface area contributed by atoms with Gasteiger partial charge in [-0.15, -0.1) is 0 Å². The SMILES string of the molecule is COc1c(C2C(OC)C(C)(C)O[C@@H]2C(=O)O)ccc(F)c1F. The predicted octanol–water partition coefficient (Wildman–Crippen LogP) is 2.33. The first-order valence-electron chi connectivity index (χ1n) is 6.70. The van der Waals surface area contributed by atoms with E-state index in [2.05, 4.69) is 0 Å². The minimum absolute atomic E-state index is 0.200. The maximum atomic E-state index is 13.9. The van der Waals surface area contributed by atoms with Crippen LogP contribution in [0.15, 0.2) is 12.1 Å². The number of rotatable bonds is 4. The molecule has 1 heterocycles. The van der Waals surface area contributed by atoms with E-state index < -0.39 is 41.3 Å². The van der Waals surface area contributed by atoms with Crippen molar-refractivity contribution in [3.8, 4) is 5.75 Å². The number of aliphatic carboxylic acids is 1. The molecule has 0 spiro atoms. The first-order chi connectivity index (χ1) is 10.2. The Hall–Kier alpha value is -1.73. The van der Waals surface area contributed by atoms with E-state index in [0.717, 1.165) is 6.07 Å². The summed E-state index contributed by atoms with van der Waals surface area (Å²) in [6.07, 6.45) is -1.91. The smallest absolute Gasteiger partial charge is 0.333 e. The Labute approximate surface area is 126 Å². The molecule has 1 aromatic carbocycles. The second kappa shape index (κ2) is 5.81. The summed E-state index contributed by atoms with van der Waals surface area (Å²) in [5, 5.41) is 9.39. The first-order valence-corrected chi connectivity index (χ1v) is 6.70. The third kappa shape index (κ3) is 2.55. The number of benzene rings is 1. The minimum atomic E-state index is -1.25. The average Bonchev–Trinajstić information content (AvgIpc) is 2.72. The molecule has 1 N–H and O–H groups in total. The molecule has 3 atom stereocenters. The Kier molecular flexibility index (Phi) is 4.39. The van der Waals surface area contributed by atoms with Crippen LogP contribution in [-0.2, 0) is 14.3 Å². The van der Waals surface area contributed by atoms with Gasteiger partial charge in [-0.2, -0.15) is 4.39 Å². The number of hydrogen-bond acceptors (Lipinski definition) is 4. The Morgan fingerprint density at radius 3 is 2.45 bits per heavy atom. The van der Waals surface area contributed by atoms with Crippen molar-refractivity contribution in [2.75, 3.05) is 14.2 Å². The van der Waals surface area contributed by atoms with Gasteiger partial charge in [-0.1, -0.05) is 6.07 Å². The van der Waals surface area contributed by atoms with Crippen LogP contribution in [0.5, 0.6) is 5.75 Å². The summed E-state index contributed by atoms with van der Waals surface area (Å²) < 4.78 is 43.2. The molecule has 0 amide bonds. The van der Waals surface area contributed by atoms with Gasteiger partial charge in [0.05, 0.1) is 24.7 Å². The zero-order valence-corrected chi connectivity index (χ0v) is 12.7. The molecular weight excluding hydrogens is 298 g/mol. The van der Waals surface area contributed by atoms with Crippen LogP contribution in [0.1, 0.15) is 25.3 Å². The highest BCUT2D eigenvalue weighted by atomic mass is 19.2. The zero-order chi connectivity index (χ0) is 16.7. The van der Waals surface area contributed by atoms with Crippen molar-refractivity contribution in [3.63, 3.8) is 0 Å². The molecule has 0 aromatic heterocycles. The van der Waals surface area contributed by atoms with Gasteiger partial charge in [-0.3, -0.25) is 0 Å². The molecule has 0 saturated carbocycles. The van der Waals surface area contributed by atoms with Crippen molar-refractivity contribution < 1.29 is 32.9 Å². The quantitative estimate of drug-likeness (QED) is 0.923. The summed E-state index contributed by atoms with van der Waals surface area (Å²) in [6.45, 7) is 3.37. The van der Waals surface area contributed by atoms with Gasteiger partial charge in [0.2, 0.25) is 5.82 Å². The lowest BCUT2D eigenvalue weighted by molar-refractivity contribution is -0.154. The molecule has 0 aliphatic carbocycles. The van der Waals surface area contributed by atoms with E-state index in [4.69, 9.17) is 14.2 Å². The van der Waals surface area contributed by atoms with Crippen molar-refractivity contribution in [1.82, 2.24) is 0 Å². The van der Waals surface area contributed by atoms with E-state index in [0.29, 0.717) is 0 Å². The molecule has 122 valence electrons. The summed E-state index contributed by atoms with van der Waals surface area (Å²) in [5.41, 5.74) is -0.704. The second-order valence-corrected chi connectivity index (χ2v) is 5.65. The summed E-state index contributed by atoms with van der Waals surface area (Å²) in [4.78, 5) is 11.5. The van der Waals surface area contributed by atoms with Gasteiger partial charge in [0.1, 0.15) is 0 Å². The highest BCUT2D eigenvalue weighted by molar-refractivity contribution is 5.75. The average molecular weight is 316 g/mol. The highest BCUT2D eigenvalue weighted by Crippen LogP contribution is 2.46. The molecule has 5 nitrogen and oxygen atoms in total. The molecule has 1 fully saturated rings. The molecule has 1 saturated heterocycles. The third-order valence-electron chi connectivity index (χ3n) is 3.91. The van der Waals surface area contributed by atoms with Gasteiger partial charge in [-0.05, 0) is 19.9 Å². The van der Waals surface area contributed by atoms with Crippen LogP contribution in [-0.4, -0.2) is 43.1 Å². The molecule has 2 unspecified atom stereocenters. The van der Waals surface area contributed by atoms with Crippen LogP contribution in [0.2, 0.25) is 0 Å². The van der Waals surface area contributed by atoms with Gasteiger partial charge in [0, 0.05) is 12.7 Å². The Bertz CT molecular complexity index is 588. The molecule has 7 heteroatoms. The minimum Gasteiger partial charge on any atom is -0.493 e. The highest BCUT2D eigenvalue weighted by Gasteiger charge is 2.54. The van der Waals surface area contributed by atoms with Gasteiger partial charge < -0.3 is 19.3 Å². The fraction of sp³-hybridized carbons (Fsp3) is 0.533. The van der Waals surface area contributed by atoms with Crippen molar-refractivity contribution in [3.05, 3.63) is 29.3 Å². The van der Waals surface area contributed by atoms with Crippen LogP contribution in [0.4, 0.5) is 8.78 Å². The molecular formula is C15H18F2O5. The molecule has 1 aromatic rings. The molecule has 0 bridgehead atoms. The van der Waals surface area contributed by atoms with Crippen molar-refractivity contribution in [1.29, 1.82) is 0 Å². The number of methoxy groups -OCH3 is 2. The molecule has 22 heavy (non-hydrogen) atoms. The first kappa shape index (κ1) is 16.6. The van der Waals surface area contributed by atoms with Crippen molar-refractivity contribution in [2.24, 2.45) is 0 Å². The zero-order valence-electron chi connectivity index (χ0n) is 12.7. The van der Waals surface area contributed by atoms with Crippen molar-refractivity contribution >= 4 is 5.97 Å². The van der Waals surface area contributed by atoms with E-state index in [-0.39, 0.29) is 11.3 Å². The fourth-order valence-corrected chi connectivity index (χ4v) is 3.04. The Morgan fingerprint density at radius 1 is 1.32 bits per heavy atom. The summed E-state index contributed by atoms with van der Waals surface area (Å²) in [6, 6.07) is 2.23. The topological polar surface area (TPSA) is 65.0 Å². The summed E-state index contributed by atoms with van der Waals surface area (Å²) >= 11 is 0. The van der Waals surface area contributed by atoms with Gasteiger partial charge in [0.15, 0.2) is 17.7 Å². The van der Waals surface area contributed by atoms with Crippen LogP contribution in [0.3, 0.4) is 0 Å².